The normalized spacial score (nSPS) is 31.4. The Kier molecular flexibility index (Phi) is 3.27. The van der Waals surface area contributed by atoms with Gasteiger partial charge in [-0.1, -0.05) is 6.07 Å². The van der Waals surface area contributed by atoms with Gasteiger partial charge in [-0.2, -0.15) is 0 Å². The standard InChI is InChI=1S/C16H24N2O/c1-16(19-2)8-3-9-18(11-16)15-7-4-12-10-13(17)5-6-14(12)15/h5-6,10,15H,3-4,7-9,11,17H2,1-2H3. The van der Waals surface area contributed by atoms with Crippen molar-refractivity contribution in [2.45, 2.75) is 44.2 Å². The van der Waals surface area contributed by atoms with Crippen molar-refractivity contribution in [3.8, 4) is 0 Å². The minimum Gasteiger partial charge on any atom is -0.399 e. The van der Waals surface area contributed by atoms with E-state index in [0.717, 1.165) is 18.7 Å². The fraction of sp³-hybridized carbons (Fsp3) is 0.625. The van der Waals surface area contributed by atoms with Gasteiger partial charge in [-0.25, -0.2) is 0 Å². The van der Waals surface area contributed by atoms with E-state index in [4.69, 9.17) is 10.5 Å². The van der Waals surface area contributed by atoms with Crippen molar-refractivity contribution in [2.75, 3.05) is 25.9 Å². The smallest absolute Gasteiger partial charge is 0.0777 e. The molecule has 2 unspecified atom stereocenters. The molecule has 0 aromatic heterocycles. The van der Waals surface area contributed by atoms with E-state index in [0.29, 0.717) is 6.04 Å². The molecule has 1 aromatic rings. The summed E-state index contributed by atoms with van der Waals surface area (Å²) in [5.41, 5.74) is 9.72. The largest absolute Gasteiger partial charge is 0.399 e. The second-order valence-corrected chi connectivity index (χ2v) is 6.24. The molecule has 1 aliphatic carbocycles. The van der Waals surface area contributed by atoms with E-state index in [1.807, 2.05) is 13.2 Å². The zero-order valence-electron chi connectivity index (χ0n) is 12.0. The molecule has 2 atom stereocenters. The molecule has 1 saturated heterocycles. The molecule has 3 heteroatoms. The third-order valence-electron chi connectivity index (χ3n) is 4.84. The van der Waals surface area contributed by atoms with Gasteiger partial charge >= 0.3 is 0 Å². The van der Waals surface area contributed by atoms with E-state index < -0.39 is 0 Å². The molecule has 1 fully saturated rings. The summed E-state index contributed by atoms with van der Waals surface area (Å²) in [4.78, 5) is 2.61. The molecule has 0 spiro atoms. The van der Waals surface area contributed by atoms with Gasteiger partial charge in [0.15, 0.2) is 0 Å². The molecule has 1 heterocycles. The zero-order valence-corrected chi connectivity index (χ0v) is 12.0. The molecule has 2 N–H and O–H groups in total. The first-order valence-corrected chi connectivity index (χ1v) is 7.29. The van der Waals surface area contributed by atoms with Crippen LogP contribution in [0.15, 0.2) is 18.2 Å². The van der Waals surface area contributed by atoms with Crippen LogP contribution in [-0.4, -0.2) is 30.7 Å². The lowest BCUT2D eigenvalue weighted by Crippen LogP contribution is -2.48. The van der Waals surface area contributed by atoms with E-state index in [1.54, 1.807) is 0 Å². The fourth-order valence-electron chi connectivity index (χ4n) is 3.67. The van der Waals surface area contributed by atoms with E-state index in [-0.39, 0.29) is 5.60 Å². The first kappa shape index (κ1) is 12.9. The van der Waals surface area contributed by atoms with Crippen LogP contribution in [-0.2, 0) is 11.2 Å². The summed E-state index contributed by atoms with van der Waals surface area (Å²) in [5, 5.41) is 0. The Bertz CT molecular complexity index is 474. The minimum atomic E-state index is 0.0226. The summed E-state index contributed by atoms with van der Waals surface area (Å²) in [5.74, 6) is 0. The Hall–Kier alpha value is -1.06. The Morgan fingerprint density at radius 3 is 3.05 bits per heavy atom. The summed E-state index contributed by atoms with van der Waals surface area (Å²) in [6.07, 6.45) is 4.77. The maximum Gasteiger partial charge on any atom is 0.0777 e. The van der Waals surface area contributed by atoms with Crippen molar-refractivity contribution in [2.24, 2.45) is 0 Å². The number of nitrogens with zero attached hydrogens (tertiary/aromatic N) is 1. The SMILES string of the molecule is COC1(C)CCCN(C2CCc3cc(N)ccc32)C1. The summed E-state index contributed by atoms with van der Waals surface area (Å²) < 4.78 is 5.71. The maximum absolute atomic E-state index is 5.89. The number of hydrogen-bond acceptors (Lipinski definition) is 3. The van der Waals surface area contributed by atoms with Gasteiger partial charge in [0.05, 0.1) is 5.60 Å². The maximum atomic E-state index is 5.89. The average Bonchev–Trinajstić information content (AvgIpc) is 2.81. The summed E-state index contributed by atoms with van der Waals surface area (Å²) >= 11 is 0. The van der Waals surface area contributed by atoms with Crippen molar-refractivity contribution >= 4 is 5.69 Å². The van der Waals surface area contributed by atoms with Crippen LogP contribution in [0.3, 0.4) is 0 Å². The number of benzene rings is 1. The van der Waals surface area contributed by atoms with Crippen LogP contribution in [0.2, 0.25) is 0 Å². The van der Waals surface area contributed by atoms with Crippen molar-refractivity contribution in [3.63, 3.8) is 0 Å². The van der Waals surface area contributed by atoms with Gasteiger partial charge in [0.1, 0.15) is 0 Å². The van der Waals surface area contributed by atoms with Gasteiger partial charge in [0, 0.05) is 25.4 Å². The van der Waals surface area contributed by atoms with Crippen LogP contribution in [0.25, 0.3) is 0 Å². The van der Waals surface area contributed by atoms with Gasteiger partial charge in [0.2, 0.25) is 0 Å². The summed E-state index contributed by atoms with van der Waals surface area (Å²) in [7, 11) is 1.84. The van der Waals surface area contributed by atoms with Gasteiger partial charge in [-0.3, -0.25) is 4.90 Å². The van der Waals surface area contributed by atoms with Crippen molar-refractivity contribution in [3.05, 3.63) is 29.3 Å². The average molecular weight is 260 g/mol. The van der Waals surface area contributed by atoms with Crippen LogP contribution >= 0.6 is 0 Å². The highest BCUT2D eigenvalue weighted by atomic mass is 16.5. The second-order valence-electron chi connectivity index (χ2n) is 6.24. The molecule has 1 aromatic carbocycles. The third-order valence-corrected chi connectivity index (χ3v) is 4.84. The number of fused-ring (bicyclic) bond motifs is 1. The van der Waals surface area contributed by atoms with Gasteiger partial charge in [0.25, 0.3) is 0 Å². The van der Waals surface area contributed by atoms with Gasteiger partial charge in [-0.05, 0) is 62.4 Å². The van der Waals surface area contributed by atoms with Crippen LogP contribution < -0.4 is 5.73 Å². The zero-order chi connectivity index (χ0) is 13.5. The first-order chi connectivity index (χ1) is 9.11. The fourth-order valence-corrected chi connectivity index (χ4v) is 3.67. The Morgan fingerprint density at radius 2 is 2.26 bits per heavy atom. The first-order valence-electron chi connectivity index (χ1n) is 7.29. The third kappa shape index (κ3) is 2.37. The number of methoxy groups -OCH3 is 1. The summed E-state index contributed by atoms with van der Waals surface area (Å²) in [6.45, 7) is 4.46. The van der Waals surface area contributed by atoms with E-state index in [2.05, 4.69) is 24.0 Å². The minimum absolute atomic E-state index is 0.0226. The molecule has 2 aliphatic rings. The molecular formula is C16H24N2O. The highest BCUT2D eigenvalue weighted by molar-refractivity contribution is 5.47. The molecular weight excluding hydrogens is 236 g/mol. The number of likely N-dealkylation sites (tertiary alicyclic amines) is 1. The quantitative estimate of drug-likeness (QED) is 0.831. The molecule has 3 rings (SSSR count). The lowest BCUT2D eigenvalue weighted by Gasteiger charge is -2.42. The van der Waals surface area contributed by atoms with Crippen LogP contribution in [0.4, 0.5) is 5.69 Å². The molecule has 0 saturated carbocycles. The van der Waals surface area contributed by atoms with E-state index in [9.17, 15) is 0 Å². The number of hydrogen-bond donors (Lipinski definition) is 1. The topological polar surface area (TPSA) is 38.5 Å². The summed E-state index contributed by atoms with van der Waals surface area (Å²) in [6, 6.07) is 6.97. The number of piperidine rings is 1. The number of nitrogen functional groups attached to an aromatic ring is 1. The Balaban J connectivity index is 1.82. The van der Waals surface area contributed by atoms with Crippen molar-refractivity contribution in [1.82, 2.24) is 4.90 Å². The lowest BCUT2D eigenvalue weighted by atomic mass is 9.92. The van der Waals surface area contributed by atoms with Gasteiger partial charge < -0.3 is 10.5 Å². The predicted molar refractivity (Wildman–Crippen MR) is 78.1 cm³/mol. The van der Waals surface area contributed by atoms with E-state index in [1.165, 1.54) is 36.9 Å². The Morgan fingerprint density at radius 1 is 1.42 bits per heavy atom. The van der Waals surface area contributed by atoms with Crippen LogP contribution in [0.1, 0.15) is 43.4 Å². The number of nitrogens with two attached hydrogens (primary N) is 1. The monoisotopic (exact) mass is 260 g/mol. The van der Waals surface area contributed by atoms with Crippen LogP contribution in [0.5, 0.6) is 0 Å². The lowest BCUT2D eigenvalue weighted by molar-refractivity contribution is -0.0615. The second kappa shape index (κ2) is 4.80. The predicted octanol–water partition coefficient (Wildman–Crippen LogP) is 2.76. The highest BCUT2D eigenvalue weighted by Crippen LogP contribution is 2.39. The molecule has 104 valence electrons. The number of aryl methyl sites for hydroxylation is 1. The molecule has 0 bridgehead atoms. The number of ether oxygens (including phenoxy) is 1. The van der Waals surface area contributed by atoms with Crippen LogP contribution in [0, 0.1) is 0 Å². The van der Waals surface area contributed by atoms with Crippen molar-refractivity contribution in [1.29, 1.82) is 0 Å². The van der Waals surface area contributed by atoms with E-state index >= 15 is 0 Å². The van der Waals surface area contributed by atoms with Gasteiger partial charge in [-0.15, -0.1) is 0 Å². The number of anilines is 1. The molecule has 0 amide bonds. The molecule has 19 heavy (non-hydrogen) atoms. The molecule has 0 radical (unpaired) electrons. The van der Waals surface area contributed by atoms with Crippen molar-refractivity contribution < 1.29 is 4.74 Å². The highest BCUT2D eigenvalue weighted by Gasteiger charge is 2.36. The molecule has 1 aliphatic heterocycles. The Labute approximate surface area is 115 Å². The molecule has 3 nitrogen and oxygen atoms in total. The number of rotatable bonds is 2.